The average molecular weight is 362 g/mol. The van der Waals surface area contributed by atoms with Gasteiger partial charge in [0, 0.05) is 11.3 Å². The number of hydrogen-bond donors (Lipinski definition) is 2. The van der Waals surface area contributed by atoms with Crippen molar-refractivity contribution in [2.24, 2.45) is 0 Å². The summed E-state index contributed by atoms with van der Waals surface area (Å²) in [6.45, 7) is 2.11. The first-order valence-corrected chi connectivity index (χ1v) is 8.69. The summed E-state index contributed by atoms with van der Waals surface area (Å²) >= 11 is 0. The molecule has 2 N–H and O–H groups in total. The second-order valence-corrected chi connectivity index (χ2v) is 6.10. The van der Waals surface area contributed by atoms with Gasteiger partial charge in [-0.2, -0.15) is 0 Å². The van der Waals surface area contributed by atoms with E-state index in [0.717, 1.165) is 11.3 Å². The molecule has 0 radical (unpaired) electrons. The van der Waals surface area contributed by atoms with Gasteiger partial charge >= 0.3 is 5.97 Å². The maximum atomic E-state index is 12.3. The molecular formula is C21H18N2O4. The van der Waals surface area contributed by atoms with Gasteiger partial charge in [0.05, 0.1) is 17.7 Å². The maximum Gasteiger partial charge on any atom is 0.338 e. The molecule has 0 saturated carbocycles. The molecule has 2 heterocycles. The molecule has 1 aromatic heterocycles. The highest BCUT2D eigenvalue weighted by atomic mass is 16.5. The molecule has 0 bridgehead atoms. The summed E-state index contributed by atoms with van der Waals surface area (Å²) < 4.78 is 10.9. The van der Waals surface area contributed by atoms with Crippen LogP contribution in [-0.4, -0.2) is 18.5 Å². The average Bonchev–Trinajstić information content (AvgIpc) is 3.18. The lowest BCUT2D eigenvalue weighted by Gasteiger charge is -2.26. The third-order valence-electron chi connectivity index (χ3n) is 4.34. The van der Waals surface area contributed by atoms with Crippen molar-refractivity contribution in [3.8, 4) is 11.3 Å². The van der Waals surface area contributed by atoms with Crippen LogP contribution < -0.4 is 10.6 Å². The molecule has 6 heteroatoms. The number of para-hydroxylation sites is 1. The number of fused-ring (bicyclic) bond motifs is 1. The first-order chi connectivity index (χ1) is 13.2. The quantitative estimate of drug-likeness (QED) is 0.686. The van der Waals surface area contributed by atoms with Gasteiger partial charge in [-0.1, -0.05) is 24.3 Å². The van der Waals surface area contributed by atoms with E-state index >= 15 is 0 Å². The van der Waals surface area contributed by atoms with Gasteiger partial charge in [0.2, 0.25) is 0 Å². The molecule has 3 aromatic rings. The van der Waals surface area contributed by atoms with Crippen LogP contribution in [-0.2, 0) is 4.74 Å². The second-order valence-electron chi connectivity index (χ2n) is 6.10. The summed E-state index contributed by atoms with van der Waals surface area (Å²) in [6, 6.07) is 18.0. The van der Waals surface area contributed by atoms with Gasteiger partial charge in [-0.15, -0.1) is 0 Å². The van der Waals surface area contributed by atoms with Crippen molar-refractivity contribution in [1.82, 2.24) is 5.32 Å². The van der Waals surface area contributed by atoms with Crippen molar-refractivity contribution < 1.29 is 18.7 Å². The maximum absolute atomic E-state index is 12.3. The highest BCUT2D eigenvalue weighted by molar-refractivity contribution is 6.01. The SMILES string of the molecule is CCOC(=O)c1ccc(-c2ccc([C@H]3NC(=O)c4ccccc4N3)o2)cc1. The molecule has 4 rings (SSSR count). The fourth-order valence-electron chi connectivity index (χ4n) is 3.00. The van der Waals surface area contributed by atoms with Crippen LogP contribution in [0.5, 0.6) is 0 Å². The molecule has 1 aliphatic rings. The van der Waals surface area contributed by atoms with E-state index in [9.17, 15) is 9.59 Å². The first kappa shape index (κ1) is 16.9. The summed E-state index contributed by atoms with van der Waals surface area (Å²) in [6.07, 6.45) is -0.444. The Bertz CT molecular complexity index is 991. The summed E-state index contributed by atoms with van der Waals surface area (Å²) in [4.78, 5) is 24.0. The van der Waals surface area contributed by atoms with E-state index in [4.69, 9.17) is 9.15 Å². The summed E-state index contributed by atoms with van der Waals surface area (Å²) in [5.74, 6) is 0.751. The number of benzene rings is 2. The Morgan fingerprint density at radius 2 is 1.81 bits per heavy atom. The van der Waals surface area contributed by atoms with Crippen LogP contribution in [0.4, 0.5) is 5.69 Å². The molecule has 1 atom stereocenters. The zero-order valence-corrected chi connectivity index (χ0v) is 14.7. The van der Waals surface area contributed by atoms with Crippen LogP contribution >= 0.6 is 0 Å². The van der Waals surface area contributed by atoms with Crippen LogP contribution in [0.3, 0.4) is 0 Å². The van der Waals surface area contributed by atoms with Gasteiger partial charge in [0.25, 0.3) is 5.91 Å². The third kappa shape index (κ3) is 3.29. The van der Waals surface area contributed by atoms with Crippen LogP contribution in [0.2, 0.25) is 0 Å². The molecule has 0 unspecified atom stereocenters. The number of carbonyl (C=O) groups excluding carboxylic acids is 2. The van der Waals surface area contributed by atoms with E-state index in [-0.39, 0.29) is 11.9 Å². The molecule has 27 heavy (non-hydrogen) atoms. The molecule has 1 amide bonds. The van der Waals surface area contributed by atoms with Crippen molar-refractivity contribution in [3.05, 3.63) is 77.6 Å². The number of nitrogens with one attached hydrogen (secondary N) is 2. The monoisotopic (exact) mass is 362 g/mol. The largest absolute Gasteiger partial charge is 0.462 e. The summed E-state index contributed by atoms with van der Waals surface area (Å²) in [7, 11) is 0. The molecule has 6 nitrogen and oxygen atoms in total. The Morgan fingerprint density at radius 3 is 2.59 bits per heavy atom. The Labute approximate surface area is 156 Å². The number of rotatable bonds is 4. The molecule has 0 aliphatic carbocycles. The molecule has 0 saturated heterocycles. The van der Waals surface area contributed by atoms with Crippen LogP contribution in [0.25, 0.3) is 11.3 Å². The molecule has 0 fully saturated rings. The summed E-state index contributed by atoms with van der Waals surface area (Å²) in [5.41, 5.74) is 2.69. The van der Waals surface area contributed by atoms with Gasteiger partial charge in [-0.25, -0.2) is 4.79 Å². The number of esters is 1. The van der Waals surface area contributed by atoms with Crippen molar-refractivity contribution >= 4 is 17.6 Å². The van der Waals surface area contributed by atoms with Gasteiger partial charge in [0.15, 0.2) is 6.17 Å². The van der Waals surface area contributed by atoms with E-state index in [1.165, 1.54) is 0 Å². The van der Waals surface area contributed by atoms with E-state index < -0.39 is 6.17 Å². The molecular weight excluding hydrogens is 344 g/mol. The van der Waals surface area contributed by atoms with Gasteiger partial charge in [-0.05, 0) is 43.3 Å². The van der Waals surface area contributed by atoms with Gasteiger partial charge in [-0.3, -0.25) is 4.79 Å². The van der Waals surface area contributed by atoms with Gasteiger partial charge < -0.3 is 19.8 Å². The standard InChI is InChI=1S/C21H18N2O4/c1-2-26-21(25)14-9-7-13(8-10-14)17-11-12-18(27-17)19-22-16-6-4-3-5-15(16)20(24)23-19/h3-12,19,22H,2H2,1H3,(H,23,24)/t19-/m1/s1. The fraction of sp³-hybridized carbons (Fsp3) is 0.143. The lowest BCUT2D eigenvalue weighted by atomic mass is 10.1. The molecule has 0 spiro atoms. The van der Waals surface area contributed by atoms with Crippen molar-refractivity contribution in [2.45, 2.75) is 13.1 Å². The van der Waals surface area contributed by atoms with Crippen LogP contribution in [0.15, 0.2) is 65.1 Å². The highest BCUT2D eigenvalue weighted by Gasteiger charge is 2.26. The number of amides is 1. The Morgan fingerprint density at radius 1 is 1.04 bits per heavy atom. The number of ether oxygens (including phenoxy) is 1. The topological polar surface area (TPSA) is 80.6 Å². The smallest absolute Gasteiger partial charge is 0.338 e. The van der Waals surface area contributed by atoms with Crippen LogP contribution in [0, 0.1) is 0 Å². The van der Waals surface area contributed by atoms with Gasteiger partial charge in [0.1, 0.15) is 11.5 Å². The predicted molar refractivity (Wildman–Crippen MR) is 100 cm³/mol. The zero-order valence-electron chi connectivity index (χ0n) is 14.7. The normalized spacial score (nSPS) is 15.4. The van der Waals surface area contributed by atoms with Crippen molar-refractivity contribution in [2.75, 3.05) is 11.9 Å². The Hall–Kier alpha value is -3.54. The Balaban J connectivity index is 1.54. The molecule has 136 valence electrons. The van der Waals surface area contributed by atoms with E-state index in [0.29, 0.717) is 29.3 Å². The predicted octanol–water partition coefficient (Wildman–Crippen LogP) is 3.98. The van der Waals surface area contributed by atoms with E-state index in [1.807, 2.05) is 30.3 Å². The Kier molecular flexibility index (Phi) is 4.38. The minimum absolute atomic E-state index is 0.147. The highest BCUT2D eigenvalue weighted by Crippen LogP contribution is 2.30. The number of hydrogen-bond acceptors (Lipinski definition) is 5. The third-order valence-corrected chi connectivity index (χ3v) is 4.34. The lowest BCUT2D eigenvalue weighted by Crippen LogP contribution is -2.38. The van der Waals surface area contributed by atoms with Crippen molar-refractivity contribution in [1.29, 1.82) is 0 Å². The fourth-order valence-corrected chi connectivity index (χ4v) is 3.00. The minimum Gasteiger partial charge on any atom is -0.462 e. The zero-order chi connectivity index (χ0) is 18.8. The first-order valence-electron chi connectivity index (χ1n) is 8.69. The number of furan rings is 1. The number of carbonyl (C=O) groups is 2. The lowest BCUT2D eigenvalue weighted by molar-refractivity contribution is 0.0526. The second kappa shape index (κ2) is 6.99. The molecule has 1 aliphatic heterocycles. The van der Waals surface area contributed by atoms with Crippen LogP contribution in [0.1, 0.15) is 39.6 Å². The number of anilines is 1. The summed E-state index contributed by atoms with van der Waals surface area (Å²) in [5, 5.41) is 6.15. The molecule has 2 aromatic carbocycles. The van der Waals surface area contributed by atoms with E-state index in [1.54, 1.807) is 37.3 Å². The minimum atomic E-state index is -0.444. The van der Waals surface area contributed by atoms with Crippen molar-refractivity contribution in [3.63, 3.8) is 0 Å². The van der Waals surface area contributed by atoms with E-state index in [2.05, 4.69) is 10.6 Å².